The molecule has 15 heavy (non-hydrogen) atoms. The van der Waals surface area contributed by atoms with E-state index in [-0.39, 0.29) is 31.2 Å². The van der Waals surface area contributed by atoms with Gasteiger partial charge in [-0.25, -0.2) is 13.1 Å². The molecule has 0 aliphatic carbocycles. The number of rotatable bonds is 8. The van der Waals surface area contributed by atoms with Crippen molar-refractivity contribution in [3.8, 4) is 0 Å². The maximum absolute atomic E-state index is 11.2. The SMILES string of the molecule is COCCS(=O)(=O)NCC(C)CC(=O)O. The molecule has 0 rings (SSSR count). The van der Waals surface area contributed by atoms with Gasteiger partial charge in [-0.2, -0.15) is 0 Å². The second kappa shape index (κ2) is 6.76. The van der Waals surface area contributed by atoms with Crippen LogP contribution in [0.4, 0.5) is 0 Å². The van der Waals surface area contributed by atoms with Gasteiger partial charge >= 0.3 is 5.97 Å². The molecule has 2 N–H and O–H groups in total. The first-order valence-electron chi connectivity index (χ1n) is 4.55. The van der Waals surface area contributed by atoms with Crippen LogP contribution in [0.5, 0.6) is 0 Å². The van der Waals surface area contributed by atoms with Crippen LogP contribution in [0.3, 0.4) is 0 Å². The Hall–Kier alpha value is -0.660. The van der Waals surface area contributed by atoms with Gasteiger partial charge in [0.05, 0.1) is 12.4 Å². The Morgan fingerprint density at radius 1 is 1.53 bits per heavy atom. The van der Waals surface area contributed by atoms with Crippen molar-refractivity contribution in [2.75, 3.05) is 26.0 Å². The van der Waals surface area contributed by atoms with Gasteiger partial charge in [-0.3, -0.25) is 4.79 Å². The summed E-state index contributed by atoms with van der Waals surface area (Å²) in [5.74, 6) is -1.26. The van der Waals surface area contributed by atoms with E-state index in [1.807, 2.05) is 0 Å². The van der Waals surface area contributed by atoms with E-state index in [2.05, 4.69) is 9.46 Å². The normalized spacial score (nSPS) is 13.7. The highest BCUT2D eigenvalue weighted by Gasteiger charge is 2.13. The second-order valence-electron chi connectivity index (χ2n) is 3.36. The molecule has 0 aromatic carbocycles. The minimum atomic E-state index is -3.34. The lowest BCUT2D eigenvalue weighted by Gasteiger charge is -2.10. The standard InChI is InChI=1S/C8H17NO5S/c1-7(5-8(10)11)6-9-15(12,13)4-3-14-2/h7,9H,3-6H2,1-2H3,(H,10,11). The van der Waals surface area contributed by atoms with E-state index in [4.69, 9.17) is 5.11 Å². The summed E-state index contributed by atoms with van der Waals surface area (Å²) < 4.78 is 29.4. The van der Waals surface area contributed by atoms with E-state index < -0.39 is 16.0 Å². The summed E-state index contributed by atoms with van der Waals surface area (Å²) in [5, 5.41) is 8.46. The molecule has 0 radical (unpaired) electrons. The highest BCUT2D eigenvalue weighted by Crippen LogP contribution is 2.00. The molecule has 1 atom stereocenters. The highest BCUT2D eigenvalue weighted by atomic mass is 32.2. The molecule has 0 heterocycles. The number of carboxylic acid groups (broad SMARTS) is 1. The number of hydrogen-bond donors (Lipinski definition) is 2. The fourth-order valence-corrected chi connectivity index (χ4v) is 1.97. The number of nitrogens with one attached hydrogen (secondary N) is 1. The zero-order valence-corrected chi connectivity index (χ0v) is 9.71. The van der Waals surface area contributed by atoms with Gasteiger partial charge < -0.3 is 9.84 Å². The quantitative estimate of drug-likeness (QED) is 0.604. The molecule has 0 fully saturated rings. The van der Waals surface area contributed by atoms with Gasteiger partial charge in [0.25, 0.3) is 0 Å². The molecule has 0 aromatic rings. The van der Waals surface area contributed by atoms with Gasteiger partial charge in [0.1, 0.15) is 0 Å². The molecular weight excluding hydrogens is 222 g/mol. The fourth-order valence-electron chi connectivity index (χ4n) is 0.905. The Balaban J connectivity index is 3.87. The Morgan fingerprint density at radius 3 is 2.60 bits per heavy atom. The zero-order chi connectivity index (χ0) is 11.9. The summed E-state index contributed by atoms with van der Waals surface area (Å²) in [6.45, 7) is 1.94. The van der Waals surface area contributed by atoms with E-state index in [1.165, 1.54) is 7.11 Å². The van der Waals surface area contributed by atoms with Crippen molar-refractivity contribution >= 4 is 16.0 Å². The third-order valence-electron chi connectivity index (χ3n) is 1.73. The first kappa shape index (κ1) is 14.3. The summed E-state index contributed by atoms with van der Waals surface area (Å²) >= 11 is 0. The molecule has 1 unspecified atom stereocenters. The number of carboxylic acids is 1. The molecule has 90 valence electrons. The molecule has 0 aromatic heterocycles. The number of carbonyl (C=O) groups is 1. The lowest BCUT2D eigenvalue weighted by Crippen LogP contribution is -2.32. The van der Waals surface area contributed by atoms with E-state index in [0.717, 1.165) is 0 Å². The lowest BCUT2D eigenvalue weighted by molar-refractivity contribution is -0.137. The summed E-state index contributed by atoms with van der Waals surface area (Å²) in [7, 11) is -1.92. The highest BCUT2D eigenvalue weighted by molar-refractivity contribution is 7.89. The van der Waals surface area contributed by atoms with Crippen LogP contribution in [-0.4, -0.2) is 45.5 Å². The van der Waals surface area contributed by atoms with Crippen molar-refractivity contribution in [2.45, 2.75) is 13.3 Å². The Labute approximate surface area is 89.7 Å². The van der Waals surface area contributed by atoms with Crippen LogP contribution in [0.2, 0.25) is 0 Å². The molecule has 0 spiro atoms. The van der Waals surface area contributed by atoms with Crippen LogP contribution in [-0.2, 0) is 19.6 Å². The topological polar surface area (TPSA) is 92.7 Å². The maximum Gasteiger partial charge on any atom is 0.303 e. The van der Waals surface area contributed by atoms with Crippen LogP contribution in [0.15, 0.2) is 0 Å². The zero-order valence-electron chi connectivity index (χ0n) is 8.89. The summed E-state index contributed by atoms with van der Waals surface area (Å²) in [6, 6.07) is 0. The molecule has 0 bridgehead atoms. The van der Waals surface area contributed by atoms with Crippen LogP contribution in [0.1, 0.15) is 13.3 Å². The van der Waals surface area contributed by atoms with Crippen molar-refractivity contribution < 1.29 is 23.1 Å². The average Bonchev–Trinajstić information content (AvgIpc) is 2.11. The fraction of sp³-hybridized carbons (Fsp3) is 0.875. The van der Waals surface area contributed by atoms with Crippen molar-refractivity contribution in [3.63, 3.8) is 0 Å². The summed E-state index contributed by atoms with van der Waals surface area (Å²) in [5.41, 5.74) is 0. The van der Waals surface area contributed by atoms with Crippen LogP contribution in [0.25, 0.3) is 0 Å². The van der Waals surface area contributed by atoms with Crippen molar-refractivity contribution in [2.24, 2.45) is 5.92 Å². The monoisotopic (exact) mass is 239 g/mol. The van der Waals surface area contributed by atoms with Crippen molar-refractivity contribution in [3.05, 3.63) is 0 Å². The molecule has 0 amide bonds. The average molecular weight is 239 g/mol. The first-order chi connectivity index (χ1) is 6.87. The molecule has 0 aliphatic heterocycles. The Kier molecular flexibility index (Phi) is 6.46. The van der Waals surface area contributed by atoms with Gasteiger partial charge in [-0.15, -0.1) is 0 Å². The Morgan fingerprint density at radius 2 is 2.13 bits per heavy atom. The number of hydrogen-bond acceptors (Lipinski definition) is 4. The molecule has 0 saturated carbocycles. The van der Waals surface area contributed by atoms with E-state index in [9.17, 15) is 13.2 Å². The molecule has 0 saturated heterocycles. The van der Waals surface area contributed by atoms with Gasteiger partial charge in [-0.05, 0) is 5.92 Å². The molecule has 7 heteroatoms. The number of aliphatic carboxylic acids is 1. The number of ether oxygens (including phenoxy) is 1. The predicted octanol–water partition coefficient (Wildman–Crippen LogP) is -0.337. The Bertz CT molecular complexity index is 287. The minimum absolute atomic E-state index is 0.0488. The molecule has 0 aliphatic rings. The number of sulfonamides is 1. The van der Waals surface area contributed by atoms with Gasteiger partial charge in [0.2, 0.25) is 10.0 Å². The lowest BCUT2D eigenvalue weighted by atomic mass is 10.1. The van der Waals surface area contributed by atoms with Crippen LogP contribution in [0, 0.1) is 5.92 Å². The van der Waals surface area contributed by atoms with Crippen LogP contribution < -0.4 is 4.72 Å². The molecular formula is C8H17NO5S. The van der Waals surface area contributed by atoms with Crippen LogP contribution >= 0.6 is 0 Å². The minimum Gasteiger partial charge on any atom is -0.481 e. The second-order valence-corrected chi connectivity index (χ2v) is 5.29. The predicted molar refractivity (Wildman–Crippen MR) is 55.1 cm³/mol. The van der Waals surface area contributed by atoms with E-state index in [1.54, 1.807) is 6.92 Å². The van der Waals surface area contributed by atoms with Crippen molar-refractivity contribution in [1.82, 2.24) is 4.72 Å². The smallest absolute Gasteiger partial charge is 0.303 e. The third kappa shape index (κ3) is 8.34. The van der Waals surface area contributed by atoms with Crippen molar-refractivity contribution in [1.29, 1.82) is 0 Å². The first-order valence-corrected chi connectivity index (χ1v) is 6.20. The van der Waals surface area contributed by atoms with Gasteiger partial charge in [0.15, 0.2) is 0 Å². The van der Waals surface area contributed by atoms with E-state index in [0.29, 0.717) is 0 Å². The number of methoxy groups -OCH3 is 1. The van der Waals surface area contributed by atoms with E-state index >= 15 is 0 Å². The van der Waals surface area contributed by atoms with Gasteiger partial charge in [0, 0.05) is 20.1 Å². The third-order valence-corrected chi connectivity index (χ3v) is 3.04. The summed E-state index contributed by atoms with van der Waals surface area (Å²) in [4.78, 5) is 10.3. The maximum atomic E-state index is 11.2. The summed E-state index contributed by atoms with van der Waals surface area (Å²) in [6.07, 6.45) is -0.0488. The molecule has 6 nitrogen and oxygen atoms in total. The largest absolute Gasteiger partial charge is 0.481 e. The van der Waals surface area contributed by atoms with Gasteiger partial charge in [-0.1, -0.05) is 6.92 Å².